The molecule has 0 bridgehead atoms. The van der Waals surface area contributed by atoms with E-state index in [1.807, 2.05) is 6.20 Å². The Hall–Kier alpha value is -0.410. The third-order valence-corrected chi connectivity index (χ3v) is 4.35. The van der Waals surface area contributed by atoms with Gasteiger partial charge in [0.05, 0.1) is 0 Å². The van der Waals surface area contributed by atoms with E-state index in [0.717, 1.165) is 23.4 Å². The summed E-state index contributed by atoms with van der Waals surface area (Å²) >= 11 is 3.45. The molecule has 1 fully saturated rings. The predicted molar refractivity (Wildman–Crippen MR) is 79.7 cm³/mol. The first kappa shape index (κ1) is 14.0. The lowest BCUT2D eigenvalue weighted by molar-refractivity contribution is 0.335. The molecule has 18 heavy (non-hydrogen) atoms. The second-order valence-corrected chi connectivity index (χ2v) is 6.15. The SMILES string of the molecule is CCNC1CCCCCC1Cc1ccc(Br)cn1. The third kappa shape index (κ3) is 4.06. The van der Waals surface area contributed by atoms with Crippen LogP contribution < -0.4 is 5.32 Å². The van der Waals surface area contributed by atoms with Crippen LogP contribution in [0.15, 0.2) is 22.8 Å². The zero-order chi connectivity index (χ0) is 12.8. The van der Waals surface area contributed by atoms with Crippen molar-refractivity contribution in [1.29, 1.82) is 0 Å². The Kier molecular flexibility index (Phi) is 5.64. The number of hydrogen-bond acceptors (Lipinski definition) is 2. The van der Waals surface area contributed by atoms with Crippen LogP contribution in [0.4, 0.5) is 0 Å². The monoisotopic (exact) mass is 310 g/mol. The molecule has 1 aromatic rings. The molecular formula is C15H23BrN2. The average molecular weight is 311 g/mol. The van der Waals surface area contributed by atoms with Crippen LogP contribution in [0.25, 0.3) is 0 Å². The topological polar surface area (TPSA) is 24.9 Å². The zero-order valence-corrected chi connectivity index (χ0v) is 12.7. The molecule has 3 heteroatoms. The van der Waals surface area contributed by atoms with E-state index >= 15 is 0 Å². The zero-order valence-electron chi connectivity index (χ0n) is 11.2. The molecule has 100 valence electrons. The summed E-state index contributed by atoms with van der Waals surface area (Å²) < 4.78 is 1.07. The number of pyridine rings is 1. The van der Waals surface area contributed by atoms with Gasteiger partial charge in [-0.15, -0.1) is 0 Å². The molecule has 0 amide bonds. The summed E-state index contributed by atoms with van der Waals surface area (Å²) in [6.07, 6.45) is 9.85. The summed E-state index contributed by atoms with van der Waals surface area (Å²) in [6.45, 7) is 3.29. The molecule has 0 radical (unpaired) electrons. The van der Waals surface area contributed by atoms with E-state index in [2.05, 4.69) is 45.3 Å². The van der Waals surface area contributed by atoms with Gasteiger partial charge >= 0.3 is 0 Å². The highest BCUT2D eigenvalue weighted by Crippen LogP contribution is 2.26. The van der Waals surface area contributed by atoms with Crippen LogP contribution in [-0.2, 0) is 6.42 Å². The molecule has 2 nitrogen and oxygen atoms in total. The smallest absolute Gasteiger partial charge is 0.0413 e. The van der Waals surface area contributed by atoms with E-state index in [1.165, 1.54) is 37.8 Å². The van der Waals surface area contributed by atoms with E-state index in [0.29, 0.717) is 6.04 Å². The molecule has 0 saturated heterocycles. The molecule has 0 spiro atoms. The van der Waals surface area contributed by atoms with E-state index in [1.54, 1.807) is 0 Å². The molecular weight excluding hydrogens is 288 g/mol. The lowest BCUT2D eigenvalue weighted by Crippen LogP contribution is -2.36. The molecule has 1 aromatic heterocycles. The van der Waals surface area contributed by atoms with Gasteiger partial charge in [-0.2, -0.15) is 0 Å². The Morgan fingerprint density at radius 2 is 2.11 bits per heavy atom. The Balaban J connectivity index is 2.01. The van der Waals surface area contributed by atoms with E-state index < -0.39 is 0 Å². The lowest BCUT2D eigenvalue weighted by atomic mass is 9.90. The molecule has 1 saturated carbocycles. The van der Waals surface area contributed by atoms with Gasteiger partial charge in [0.15, 0.2) is 0 Å². The van der Waals surface area contributed by atoms with Crippen molar-refractivity contribution in [2.24, 2.45) is 5.92 Å². The minimum absolute atomic E-state index is 0.683. The van der Waals surface area contributed by atoms with Crippen molar-refractivity contribution in [3.63, 3.8) is 0 Å². The summed E-state index contributed by atoms with van der Waals surface area (Å²) in [6, 6.07) is 4.93. The first-order valence-electron chi connectivity index (χ1n) is 7.13. The van der Waals surface area contributed by atoms with Gasteiger partial charge in [0.25, 0.3) is 0 Å². The van der Waals surface area contributed by atoms with Crippen molar-refractivity contribution in [2.75, 3.05) is 6.54 Å². The van der Waals surface area contributed by atoms with Crippen molar-refractivity contribution < 1.29 is 0 Å². The summed E-state index contributed by atoms with van der Waals surface area (Å²) in [4.78, 5) is 4.52. The molecule has 1 N–H and O–H groups in total. The van der Waals surface area contributed by atoms with E-state index in [-0.39, 0.29) is 0 Å². The van der Waals surface area contributed by atoms with Crippen LogP contribution in [0.5, 0.6) is 0 Å². The highest BCUT2D eigenvalue weighted by Gasteiger charge is 2.23. The van der Waals surface area contributed by atoms with Gasteiger partial charge < -0.3 is 5.32 Å². The van der Waals surface area contributed by atoms with Crippen molar-refractivity contribution in [3.8, 4) is 0 Å². The highest BCUT2D eigenvalue weighted by molar-refractivity contribution is 9.10. The Labute approximate surface area is 119 Å². The molecule has 2 rings (SSSR count). The Bertz CT molecular complexity index is 350. The van der Waals surface area contributed by atoms with Crippen LogP contribution in [0.2, 0.25) is 0 Å². The number of rotatable bonds is 4. The van der Waals surface area contributed by atoms with Crippen molar-refractivity contribution >= 4 is 15.9 Å². The number of nitrogens with zero attached hydrogens (tertiary/aromatic N) is 1. The minimum Gasteiger partial charge on any atom is -0.314 e. The van der Waals surface area contributed by atoms with Gasteiger partial charge in [-0.3, -0.25) is 4.98 Å². The maximum absolute atomic E-state index is 4.52. The highest BCUT2D eigenvalue weighted by atomic mass is 79.9. The molecule has 2 atom stereocenters. The van der Waals surface area contributed by atoms with Crippen molar-refractivity contribution in [2.45, 2.75) is 51.5 Å². The van der Waals surface area contributed by atoms with Gasteiger partial charge in [0.1, 0.15) is 0 Å². The van der Waals surface area contributed by atoms with E-state index in [4.69, 9.17) is 0 Å². The second kappa shape index (κ2) is 7.25. The maximum atomic E-state index is 4.52. The fraction of sp³-hybridized carbons (Fsp3) is 0.667. The largest absolute Gasteiger partial charge is 0.314 e. The molecule has 1 aliphatic carbocycles. The Morgan fingerprint density at radius 1 is 1.28 bits per heavy atom. The van der Waals surface area contributed by atoms with Gasteiger partial charge in [0.2, 0.25) is 0 Å². The van der Waals surface area contributed by atoms with Crippen LogP contribution in [0.3, 0.4) is 0 Å². The molecule has 1 aliphatic rings. The fourth-order valence-corrected chi connectivity index (χ4v) is 3.19. The number of nitrogens with one attached hydrogen (secondary N) is 1. The molecule has 0 aliphatic heterocycles. The number of aromatic nitrogens is 1. The summed E-state index contributed by atoms with van der Waals surface area (Å²) in [5.74, 6) is 0.751. The summed E-state index contributed by atoms with van der Waals surface area (Å²) in [7, 11) is 0. The van der Waals surface area contributed by atoms with Crippen molar-refractivity contribution in [1.82, 2.24) is 10.3 Å². The first-order chi connectivity index (χ1) is 8.79. The molecule has 1 heterocycles. The maximum Gasteiger partial charge on any atom is 0.0413 e. The van der Waals surface area contributed by atoms with E-state index in [9.17, 15) is 0 Å². The minimum atomic E-state index is 0.683. The van der Waals surface area contributed by atoms with Gasteiger partial charge in [0, 0.05) is 22.4 Å². The molecule has 0 aromatic carbocycles. The fourth-order valence-electron chi connectivity index (χ4n) is 2.96. The van der Waals surface area contributed by atoms with Gasteiger partial charge in [-0.05, 0) is 59.8 Å². The summed E-state index contributed by atoms with van der Waals surface area (Å²) in [5, 5.41) is 3.67. The quantitative estimate of drug-likeness (QED) is 0.852. The normalized spacial score (nSPS) is 24.8. The van der Waals surface area contributed by atoms with Crippen LogP contribution >= 0.6 is 15.9 Å². The lowest BCUT2D eigenvalue weighted by Gasteiger charge is -2.25. The number of halogens is 1. The average Bonchev–Trinajstić information content (AvgIpc) is 2.59. The number of hydrogen-bond donors (Lipinski definition) is 1. The third-order valence-electron chi connectivity index (χ3n) is 3.89. The van der Waals surface area contributed by atoms with Crippen LogP contribution in [0, 0.1) is 5.92 Å². The van der Waals surface area contributed by atoms with Gasteiger partial charge in [-0.25, -0.2) is 0 Å². The molecule has 2 unspecified atom stereocenters. The van der Waals surface area contributed by atoms with Crippen LogP contribution in [0.1, 0.15) is 44.7 Å². The first-order valence-corrected chi connectivity index (χ1v) is 7.92. The van der Waals surface area contributed by atoms with Crippen LogP contribution in [-0.4, -0.2) is 17.6 Å². The van der Waals surface area contributed by atoms with Crippen molar-refractivity contribution in [3.05, 3.63) is 28.5 Å². The second-order valence-electron chi connectivity index (χ2n) is 5.23. The standard InChI is InChI=1S/C15H23BrN2/c1-2-17-15-7-5-3-4-6-12(15)10-14-9-8-13(16)11-18-14/h8-9,11-12,15,17H,2-7,10H2,1H3. The Morgan fingerprint density at radius 3 is 2.83 bits per heavy atom. The van der Waals surface area contributed by atoms with Gasteiger partial charge in [-0.1, -0.05) is 26.2 Å². The summed E-state index contributed by atoms with van der Waals surface area (Å²) in [5.41, 5.74) is 1.23. The predicted octanol–water partition coefficient (Wildman–Crippen LogP) is 3.95.